The summed E-state index contributed by atoms with van der Waals surface area (Å²) in [5.74, 6) is 5.23. The molecule has 1 aromatic heterocycles. The van der Waals surface area contributed by atoms with Gasteiger partial charge in [0.05, 0.1) is 5.75 Å². The zero-order valence-electron chi connectivity index (χ0n) is 23.5. The highest BCUT2D eigenvalue weighted by atomic mass is 33.1. The van der Waals surface area contributed by atoms with Gasteiger partial charge in [-0.05, 0) is 52.6 Å². The van der Waals surface area contributed by atoms with Crippen LogP contribution in [0.1, 0.15) is 16.7 Å². The van der Waals surface area contributed by atoms with Crippen molar-refractivity contribution in [3.8, 4) is 23.0 Å². The SMILES string of the molecule is C=CC(/C=C/c1ccc2c(c1)OCCO2)=C\C=N\CCSSCC[n+]1ccc(/C=C/c2ccc3c(c2)OCCO3)cc1. The summed E-state index contributed by atoms with van der Waals surface area (Å²) < 4.78 is 24.7. The Morgan fingerprint density at radius 2 is 1.33 bits per heavy atom. The van der Waals surface area contributed by atoms with Crippen LogP contribution < -0.4 is 23.5 Å². The lowest BCUT2D eigenvalue weighted by Gasteiger charge is -2.18. The van der Waals surface area contributed by atoms with E-state index in [0.717, 1.165) is 69.9 Å². The summed E-state index contributed by atoms with van der Waals surface area (Å²) in [6.07, 6.45) is 18.2. The molecule has 2 aliphatic rings. The van der Waals surface area contributed by atoms with Gasteiger partial charge in [-0.3, -0.25) is 4.99 Å². The average molecular weight is 600 g/mol. The van der Waals surface area contributed by atoms with Crippen LogP contribution in [0.5, 0.6) is 23.0 Å². The molecule has 0 N–H and O–H groups in total. The number of hydrogen-bond acceptors (Lipinski definition) is 7. The number of hydrogen-bond donors (Lipinski definition) is 0. The van der Waals surface area contributed by atoms with Crippen molar-refractivity contribution in [3.05, 3.63) is 108 Å². The number of aliphatic imine (C=N–C) groups is 1. The zero-order chi connectivity index (χ0) is 28.8. The van der Waals surface area contributed by atoms with Crippen molar-refractivity contribution in [3.63, 3.8) is 0 Å². The van der Waals surface area contributed by atoms with Gasteiger partial charge in [0.25, 0.3) is 0 Å². The summed E-state index contributed by atoms with van der Waals surface area (Å²) in [6.45, 7) is 8.05. The molecule has 0 bridgehead atoms. The highest BCUT2D eigenvalue weighted by molar-refractivity contribution is 8.76. The maximum atomic E-state index is 5.67. The summed E-state index contributed by atoms with van der Waals surface area (Å²) in [4.78, 5) is 4.52. The molecular weight excluding hydrogens is 565 g/mol. The molecule has 0 unspecified atom stereocenters. The van der Waals surface area contributed by atoms with Crippen LogP contribution in [0.2, 0.25) is 0 Å². The van der Waals surface area contributed by atoms with Crippen LogP contribution >= 0.6 is 21.6 Å². The largest absolute Gasteiger partial charge is 0.486 e. The van der Waals surface area contributed by atoms with E-state index in [1.165, 1.54) is 0 Å². The molecule has 3 aromatic rings. The Hall–Kier alpha value is -3.88. The molecule has 0 saturated carbocycles. The number of aryl methyl sites for hydroxylation is 1. The summed E-state index contributed by atoms with van der Waals surface area (Å²) in [5.41, 5.74) is 4.30. The van der Waals surface area contributed by atoms with Crippen molar-refractivity contribution in [1.29, 1.82) is 0 Å². The van der Waals surface area contributed by atoms with Crippen LogP contribution in [0, 0.1) is 0 Å². The standard InChI is InChI=1S/C34H35N2O4S2/c1-2-27(3-5-29-7-9-31-33(25-29)39-21-19-37-31)11-14-35-15-23-41-42-24-18-36-16-12-28(13-17-36)4-6-30-8-10-32-34(26-30)40-22-20-38-32/h2-14,16-17,25-26H,1,15,18-24H2/q+1/b5-3+,6-4+,27-11+,35-14+. The molecule has 3 heterocycles. The molecule has 2 aromatic carbocycles. The molecule has 0 spiro atoms. The molecule has 216 valence electrons. The van der Waals surface area contributed by atoms with E-state index in [1.807, 2.05) is 88.5 Å². The van der Waals surface area contributed by atoms with Crippen molar-refractivity contribution in [2.24, 2.45) is 4.99 Å². The molecular formula is C34H35N2O4S2+. The third-order valence-electron chi connectivity index (χ3n) is 6.41. The minimum Gasteiger partial charge on any atom is -0.486 e. The first kappa shape index (κ1) is 29.6. The molecule has 6 nitrogen and oxygen atoms in total. The first-order valence-electron chi connectivity index (χ1n) is 14.0. The van der Waals surface area contributed by atoms with E-state index in [2.05, 4.69) is 52.8 Å². The number of aromatic nitrogens is 1. The van der Waals surface area contributed by atoms with Gasteiger partial charge < -0.3 is 18.9 Å². The van der Waals surface area contributed by atoms with E-state index in [1.54, 1.807) is 0 Å². The third kappa shape index (κ3) is 9.06. The summed E-state index contributed by atoms with van der Waals surface area (Å²) in [7, 11) is 3.74. The van der Waals surface area contributed by atoms with Gasteiger partial charge in [0.2, 0.25) is 0 Å². The van der Waals surface area contributed by atoms with Crippen LogP contribution in [0.3, 0.4) is 0 Å². The molecule has 0 aliphatic carbocycles. The van der Waals surface area contributed by atoms with Crippen LogP contribution in [0.4, 0.5) is 0 Å². The predicted octanol–water partition coefficient (Wildman–Crippen LogP) is 6.96. The lowest BCUT2D eigenvalue weighted by molar-refractivity contribution is -0.692. The van der Waals surface area contributed by atoms with E-state index in [0.29, 0.717) is 26.4 Å². The topological polar surface area (TPSA) is 53.2 Å². The van der Waals surface area contributed by atoms with Gasteiger partial charge in [-0.25, -0.2) is 4.57 Å². The van der Waals surface area contributed by atoms with Gasteiger partial charge in [0.15, 0.2) is 41.9 Å². The van der Waals surface area contributed by atoms with Gasteiger partial charge in [0.1, 0.15) is 26.4 Å². The van der Waals surface area contributed by atoms with Crippen LogP contribution in [0.15, 0.2) is 96.3 Å². The van der Waals surface area contributed by atoms with E-state index in [9.17, 15) is 0 Å². The fourth-order valence-corrected chi connectivity index (χ4v) is 6.05. The van der Waals surface area contributed by atoms with Crippen LogP contribution in [0.25, 0.3) is 18.2 Å². The number of pyridine rings is 1. The molecule has 0 fully saturated rings. The molecule has 0 saturated heterocycles. The predicted molar refractivity (Wildman–Crippen MR) is 176 cm³/mol. The number of rotatable bonds is 13. The van der Waals surface area contributed by atoms with Crippen molar-refractivity contribution in [2.45, 2.75) is 6.54 Å². The van der Waals surface area contributed by atoms with Gasteiger partial charge in [-0.1, -0.05) is 70.7 Å². The number of nitrogens with zero attached hydrogens (tertiary/aromatic N) is 2. The molecule has 0 radical (unpaired) electrons. The molecule has 5 rings (SSSR count). The van der Waals surface area contributed by atoms with Gasteiger partial charge in [-0.2, -0.15) is 0 Å². The highest BCUT2D eigenvalue weighted by Gasteiger charge is 2.11. The lowest BCUT2D eigenvalue weighted by Crippen LogP contribution is -2.33. The molecule has 0 atom stereocenters. The molecule has 2 aliphatic heterocycles. The fourth-order valence-electron chi connectivity index (χ4n) is 4.20. The smallest absolute Gasteiger partial charge is 0.169 e. The zero-order valence-corrected chi connectivity index (χ0v) is 25.2. The normalized spacial score (nSPS) is 14.6. The summed E-state index contributed by atoms with van der Waals surface area (Å²) >= 11 is 0. The monoisotopic (exact) mass is 599 g/mol. The average Bonchev–Trinajstić information content (AvgIpc) is 3.04. The van der Waals surface area contributed by atoms with E-state index >= 15 is 0 Å². The Morgan fingerprint density at radius 3 is 2.00 bits per heavy atom. The Kier molecular flexibility index (Phi) is 11.2. The first-order chi connectivity index (χ1) is 20.8. The minimum atomic E-state index is 0.585. The van der Waals surface area contributed by atoms with Gasteiger partial charge >= 0.3 is 0 Å². The van der Waals surface area contributed by atoms with E-state index < -0.39 is 0 Å². The number of ether oxygens (including phenoxy) is 4. The summed E-state index contributed by atoms with van der Waals surface area (Å²) in [6, 6.07) is 16.3. The molecule has 42 heavy (non-hydrogen) atoms. The van der Waals surface area contributed by atoms with E-state index in [-0.39, 0.29) is 0 Å². The van der Waals surface area contributed by atoms with E-state index in [4.69, 9.17) is 18.9 Å². The number of benzene rings is 2. The Morgan fingerprint density at radius 1 is 0.738 bits per heavy atom. The maximum absolute atomic E-state index is 5.67. The van der Waals surface area contributed by atoms with Crippen molar-refractivity contribution >= 4 is 46.0 Å². The maximum Gasteiger partial charge on any atom is 0.169 e. The number of fused-ring (bicyclic) bond motifs is 2. The lowest BCUT2D eigenvalue weighted by atomic mass is 10.1. The summed E-state index contributed by atoms with van der Waals surface area (Å²) in [5, 5.41) is 0. The second-order valence-electron chi connectivity index (χ2n) is 9.41. The van der Waals surface area contributed by atoms with Crippen molar-refractivity contribution in [2.75, 3.05) is 44.5 Å². The Bertz CT molecular complexity index is 1460. The first-order valence-corrected chi connectivity index (χ1v) is 16.5. The van der Waals surface area contributed by atoms with Crippen molar-refractivity contribution < 1.29 is 23.5 Å². The second-order valence-corrected chi connectivity index (χ2v) is 12.1. The third-order valence-corrected chi connectivity index (χ3v) is 8.78. The van der Waals surface area contributed by atoms with Crippen molar-refractivity contribution in [1.82, 2.24) is 0 Å². The highest BCUT2D eigenvalue weighted by Crippen LogP contribution is 2.32. The van der Waals surface area contributed by atoms with Gasteiger partial charge in [-0.15, -0.1) is 0 Å². The van der Waals surface area contributed by atoms with Crippen LogP contribution in [-0.2, 0) is 6.54 Å². The van der Waals surface area contributed by atoms with Gasteiger partial charge in [0, 0.05) is 30.6 Å². The Balaban J connectivity index is 0.968. The Labute approximate surface area is 255 Å². The minimum absolute atomic E-state index is 0.585. The second kappa shape index (κ2) is 15.9. The molecule has 0 amide bonds. The molecule has 8 heteroatoms. The quantitative estimate of drug-likeness (QED) is 0.0696. The number of allylic oxidation sites excluding steroid dienone is 4. The fraction of sp³-hybridized carbons (Fsp3) is 0.235. The van der Waals surface area contributed by atoms with Crippen LogP contribution in [-0.4, -0.2) is 50.7 Å².